The first-order chi connectivity index (χ1) is 13.4. The summed E-state index contributed by atoms with van der Waals surface area (Å²) in [5, 5.41) is 0. The van der Waals surface area contributed by atoms with Crippen molar-refractivity contribution in [3.63, 3.8) is 0 Å². The van der Waals surface area contributed by atoms with Crippen molar-refractivity contribution in [2.45, 2.75) is 26.7 Å². The number of carbonyl (C=O) groups is 2. The van der Waals surface area contributed by atoms with Gasteiger partial charge >= 0.3 is 0 Å². The first-order valence-electron chi connectivity index (χ1n) is 9.05. The molecule has 0 N–H and O–H groups in total. The minimum absolute atomic E-state index is 0.0273. The number of hydrogen-bond acceptors (Lipinski definition) is 6. The van der Waals surface area contributed by atoms with Gasteiger partial charge in [0.2, 0.25) is 0 Å². The van der Waals surface area contributed by atoms with Gasteiger partial charge in [0, 0.05) is 13.1 Å². The number of nitrogens with zero attached hydrogens (tertiary/aromatic N) is 2. The maximum absolute atomic E-state index is 12.4. The molecule has 0 spiro atoms. The highest BCUT2D eigenvalue weighted by atomic mass is 32.2. The monoisotopic (exact) mass is 448 g/mol. The van der Waals surface area contributed by atoms with E-state index in [0.717, 1.165) is 24.0 Å². The van der Waals surface area contributed by atoms with Crippen molar-refractivity contribution < 1.29 is 9.59 Å². The number of rotatable bonds is 6. The van der Waals surface area contributed by atoms with Crippen molar-refractivity contribution in [2.75, 3.05) is 13.1 Å². The van der Waals surface area contributed by atoms with E-state index in [2.05, 4.69) is 0 Å². The van der Waals surface area contributed by atoms with Crippen molar-refractivity contribution >= 4 is 80.6 Å². The molecule has 1 aromatic carbocycles. The Morgan fingerprint density at radius 2 is 1.14 bits per heavy atom. The van der Waals surface area contributed by atoms with Crippen LogP contribution in [0.5, 0.6) is 0 Å². The minimum Gasteiger partial charge on any atom is -0.293 e. The summed E-state index contributed by atoms with van der Waals surface area (Å²) in [4.78, 5) is 29.5. The first kappa shape index (κ1) is 21.2. The second kappa shape index (κ2) is 9.35. The Hall–Kier alpha value is -1.48. The zero-order valence-electron chi connectivity index (χ0n) is 15.6. The SMILES string of the molecule is CCCN1C(=O)/C(=C/c2ccc(/C=C3\SC(=S)N(CCC)C3=O)cc2)SC1=S. The van der Waals surface area contributed by atoms with E-state index in [1.165, 1.54) is 23.5 Å². The molecule has 0 aliphatic carbocycles. The molecule has 2 aliphatic heterocycles. The summed E-state index contributed by atoms with van der Waals surface area (Å²) >= 11 is 13.3. The van der Waals surface area contributed by atoms with Gasteiger partial charge in [0.05, 0.1) is 9.81 Å². The number of thiocarbonyl (C=S) groups is 2. The fraction of sp³-hybridized carbons (Fsp3) is 0.300. The summed E-state index contributed by atoms with van der Waals surface area (Å²) in [6.07, 6.45) is 5.47. The molecule has 0 bridgehead atoms. The Balaban J connectivity index is 1.74. The summed E-state index contributed by atoms with van der Waals surface area (Å²) < 4.78 is 1.23. The molecular formula is C20H20N2O2S4. The zero-order chi connectivity index (χ0) is 20.3. The Kier molecular flexibility index (Phi) is 7.09. The van der Waals surface area contributed by atoms with E-state index in [0.29, 0.717) is 31.5 Å². The Morgan fingerprint density at radius 3 is 1.46 bits per heavy atom. The van der Waals surface area contributed by atoms with E-state index in [1.54, 1.807) is 9.80 Å². The van der Waals surface area contributed by atoms with Crippen LogP contribution in [0.2, 0.25) is 0 Å². The second-order valence-electron chi connectivity index (χ2n) is 6.33. The smallest absolute Gasteiger partial charge is 0.266 e. The molecule has 0 unspecified atom stereocenters. The van der Waals surface area contributed by atoms with E-state index in [1.807, 2.05) is 50.3 Å². The topological polar surface area (TPSA) is 40.6 Å². The average molecular weight is 449 g/mol. The number of thioether (sulfide) groups is 2. The molecule has 2 amide bonds. The Morgan fingerprint density at radius 1 is 0.786 bits per heavy atom. The van der Waals surface area contributed by atoms with Crippen LogP contribution in [0.4, 0.5) is 0 Å². The molecule has 2 heterocycles. The number of hydrogen-bond donors (Lipinski definition) is 0. The van der Waals surface area contributed by atoms with E-state index < -0.39 is 0 Å². The standard InChI is InChI=1S/C20H20N2O2S4/c1-3-9-21-17(23)15(27-19(21)25)11-13-5-7-14(8-6-13)12-16-18(24)22(10-4-2)20(26)28-16/h5-8,11-12H,3-4,9-10H2,1-2H3/b15-11-,16-12-. The van der Waals surface area contributed by atoms with Crippen molar-refractivity contribution in [3.8, 4) is 0 Å². The molecule has 1 aromatic rings. The highest BCUT2D eigenvalue weighted by molar-refractivity contribution is 8.27. The normalized spacial score (nSPS) is 20.4. The van der Waals surface area contributed by atoms with Gasteiger partial charge in [-0.15, -0.1) is 0 Å². The van der Waals surface area contributed by atoms with Gasteiger partial charge < -0.3 is 0 Å². The molecule has 8 heteroatoms. The van der Waals surface area contributed by atoms with Gasteiger partial charge in [-0.25, -0.2) is 0 Å². The molecule has 2 saturated heterocycles. The molecule has 0 atom stereocenters. The van der Waals surface area contributed by atoms with Gasteiger partial charge in [0.15, 0.2) is 0 Å². The predicted octanol–water partition coefficient (Wildman–Crippen LogP) is 4.91. The Labute approximate surface area is 184 Å². The molecule has 28 heavy (non-hydrogen) atoms. The summed E-state index contributed by atoms with van der Waals surface area (Å²) in [5.74, 6) is -0.0546. The molecule has 3 rings (SSSR count). The quantitative estimate of drug-likeness (QED) is 0.455. The van der Waals surface area contributed by atoms with Crippen LogP contribution in [-0.2, 0) is 9.59 Å². The van der Waals surface area contributed by atoms with Crippen LogP contribution in [0.15, 0.2) is 34.1 Å². The highest BCUT2D eigenvalue weighted by Gasteiger charge is 2.32. The third-order valence-corrected chi connectivity index (χ3v) is 6.93. The molecule has 2 aliphatic rings. The van der Waals surface area contributed by atoms with Gasteiger partial charge in [0.25, 0.3) is 11.8 Å². The number of benzene rings is 1. The largest absolute Gasteiger partial charge is 0.293 e. The zero-order valence-corrected chi connectivity index (χ0v) is 18.9. The van der Waals surface area contributed by atoms with Crippen LogP contribution in [0.1, 0.15) is 37.8 Å². The van der Waals surface area contributed by atoms with E-state index in [9.17, 15) is 9.59 Å². The highest BCUT2D eigenvalue weighted by Crippen LogP contribution is 2.34. The van der Waals surface area contributed by atoms with Crippen molar-refractivity contribution in [3.05, 3.63) is 45.2 Å². The maximum Gasteiger partial charge on any atom is 0.266 e. The fourth-order valence-corrected chi connectivity index (χ4v) is 5.44. The van der Waals surface area contributed by atoms with Crippen LogP contribution in [0.3, 0.4) is 0 Å². The number of amides is 2. The summed E-state index contributed by atoms with van der Waals surface area (Å²) in [6, 6.07) is 7.74. The molecule has 4 nitrogen and oxygen atoms in total. The summed E-state index contributed by atoms with van der Waals surface area (Å²) in [6.45, 7) is 5.35. The Bertz CT molecular complexity index is 817. The van der Waals surface area contributed by atoms with E-state index in [4.69, 9.17) is 24.4 Å². The molecule has 2 fully saturated rings. The van der Waals surface area contributed by atoms with Gasteiger partial charge in [-0.1, -0.05) is 86.1 Å². The van der Waals surface area contributed by atoms with Crippen LogP contribution in [-0.4, -0.2) is 43.3 Å². The van der Waals surface area contributed by atoms with Gasteiger partial charge in [-0.2, -0.15) is 0 Å². The van der Waals surface area contributed by atoms with Crippen LogP contribution in [0, 0.1) is 0 Å². The third-order valence-electron chi connectivity index (χ3n) is 4.17. The average Bonchev–Trinajstić information content (AvgIpc) is 3.08. The van der Waals surface area contributed by atoms with Crippen LogP contribution < -0.4 is 0 Å². The minimum atomic E-state index is -0.0273. The van der Waals surface area contributed by atoms with Crippen LogP contribution in [0.25, 0.3) is 12.2 Å². The van der Waals surface area contributed by atoms with E-state index >= 15 is 0 Å². The van der Waals surface area contributed by atoms with Gasteiger partial charge in [0.1, 0.15) is 8.64 Å². The van der Waals surface area contributed by atoms with Crippen molar-refractivity contribution in [1.29, 1.82) is 0 Å². The lowest BCUT2D eigenvalue weighted by Gasteiger charge is -2.12. The van der Waals surface area contributed by atoms with Gasteiger partial charge in [-0.3, -0.25) is 19.4 Å². The fourth-order valence-electron chi connectivity index (χ4n) is 2.82. The molecule has 0 aromatic heterocycles. The molecule has 146 valence electrons. The predicted molar refractivity (Wildman–Crippen MR) is 127 cm³/mol. The maximum atomic E-state index is 12.4. The lowest BCUT2D eigenvalue weighted by atomic mass is 10.1. The third kappa shape index (κ3) is 4.56. The molecular weight excluding hydrogens is 429 g/mol. The molecule has 0 radical (unpaired) electrons. The van der Waals surface area contributed by atoms with E-state index in [-0.39, 0.29) is 11.8 Å². The summed E-state index contributed by atoms with van der Waals surface area (Å²) in [5.41, 5.74) is 1.85. The van der Waals surface area contributed by atoms with Gasteiger partial charge in [-0.05, 0) is 36.1 Å². The lowest BCUT2D eigenvalue weighted by molar-refractivity contribution is -0.122. The van der Waals surface area contributed by atoms with Crippen molar-refractivity contribution in [2.24, 2.45) is 0 Å². The second-order valence-corrected chi connectivity index (χ2v) is 9.68. The number of carbonyl (C=O) groups excluding carboxylic acids is 2. The lowest BCUT2D eigenvalue weighted by Crippen LogP contribution is -2.28. The van der Waals surface area contributed by atoms with Crippen molar-refractivity contribution in [1.82, 2.24) is 9.80 Å². The first-order valence-corrected chi connectivity index (χ1v) is 11.5. The molecule has 0 saturated carbocycles. The van der Waals surface area contributed by atoms with Crippen LogP contribution >= 0.6 is 48.0 Å². The summed E-state index contributed by atoms with van der Waals surface area (Å²) in [7, 11) is 0.